The maximum atomic E-state index is 12.6. The highest BCUT2D eigenvalue weighted by Crippen LogP contribution is 2.36. The van der Waals surface area contributed by atoms with Crippen LogP contribution in [0.1, 0.15) is 17.0 Å². The largest absolute Gasteiger partial charge is 0.310 e. The first-order valence-electron chi connectivity index (χ1n) is 7.72. The Morgan fingerprint density at radius 1 is 0.957 bits per heavy atom. The maximum absolute atomic E-state index is 12.6. The number of pyridine rings is 1. The molecule has 0 fully saturated rings. The summed E-state index contributed by atoms with van der Waals surface area (Å²) in [5.74, 6) is 0.560. The Morgan fingerprint density at radius 2 is 1.74 bits per heavy atom. The minimum Gasteiger partial charge on any atom is -0.310 e. The number of rotatable bonds is 3. The lowest BCUT2D eigenvalue weighted by Gasteiger charge is -2.28. The van der Waals surface area contributed by atoms with Crippen molar-refractivity contribution in [1.82, 2.24) is 4.98 Å². The van der Waals surface area contributed by atoms with E-state index in [0.29, 0.717) is 5.82 Å². The summed E-state index contributed by atoms with van der Waals surface area (Å²) in [6.45, 7) is 0. The van der Waals surface area contributed by atoms with Crippen LogP contribution in [0.3, 0.4) is 0 Å². The number of benzene rings is 2. The number of hydrogen-bond acceptors (Lipinski definition) is 2. The second-order valence-electron chi connectivity index (χ2n) is 5.71. The molecule has 0 saturated carbocycles. The lowest BCUT2D eigenvalue weighted by molar-refractivity contribution is -0.118. The molecule has 3 nitrogen and oxygen atoms in total. The third kappa shape index (κ3) is 2.50. The van der Waals surface area contributed by atoms with Gasteiger partial charge in [0.15, 0.2) is 0 Å². The summed E-state index contributed by atoms with van der Waals surface area (Å²) in [4.78, 5) is 16.9. The number of nitrogens with one attached hydrogen (secondary N) is 1. The molecule has 1 aliphatic carbocycles. The Balaban J connectivity index is 1.60. The molecule has 23 heavy (non-hydrogen) atoms. The fraction of sp³-hybridized carbons (Fsp3) is 0.100. The van der Waals surface area contributed by atoms with E-state index in [1.54, 1.807) is 6.20 Å². The van der Waals surface area contributed by atoms with Gasteiger partial charge in [0.25, 0.3) is 0 Å². The Bertz CT molecular complexity index is 858. The minimum absolute atomic E-state index is 0.0135. The summed E-state index contributed by atoms with van der Waals surface area (Å²) < 4.78 is 0. The molecular formula is C20H16N2O. The lowest BCUT2D eigenvalue weighted by atomic mass is 9.77. The molecule has 1 N–H and O–H groups in total. The van der Waals surface area contributed by atoms with Crippen molar-refractivity contribution < 1.29 is 4.79 Å². The van der Waals surface area contributed by atoms with Crippen molar-refractivity contribution in [3.63, 3.8) is 0 Å². The molecule has 1 heterocycles. The quantitative estimate of drug-likeness (QED) is 0.793. The molecule has 112 valence electrons. The first kappa shape index (κ1) is 13.7. The van der Waals surface area contributed by atoms with Crippen LogP contribution in [0.2, 0.25) is 0 Å². The van der Waals surface area contributed by atoms with Crippen molar-refractivity contribution in [3.8, 4) is 11.1 Å². The molecule has 0 aliphatic heterocycles. The zero-order valence-electron chi connectivity index (χ0n) is 12.6. The topological polar surface area (TPSA) is 42.0 Å². The van der Waals surface area contributed by atoms with Gasteiger partial charge in [-0.1, -0.05) is 54.6 Å². The van der Waals surface area contributed by atoms with Crippen molar-refractivity contribution in [2.75, 3.05) is 5.32 Å². The highest BCUT2D eigenvalue weighted by molar-refractivity contribution is 5.99. The van der Waals surface area contributed by atoms with E-state index < -0.39 is 0 Å². The van der Waals surface area contributed by atoms with Crippen molar-refractivity contribution in [2.45, 2.75) is 12.3 Å². The van der Waals surface area contributed by atoms with Gasteiger partial charge >= 0.3 is 0 Å². The van der Waals surface area contributed by atoms with E-state index in [0.717, 1.165) is 23.1 Å². The molecule has 1 atom stereocenters. The number of carbonyl (C=O) groups is 1. The molecule has 2 aromatic carbocycles. The zero-order valence-corrected chi connectivity index (χ0v) is 12.6. The minimum atomic E-state index is -0.0724. The first-order chi connectivity index (χ1) is 11.3. The number of amides is 1. The molecule has 0 bridgehead atoms. The van der Waals surface area contributed by atoms with E-state index in [4.69, 9.17) is 0 Å². The van der Waals surface area contributed by atoms with Gasteiger partial charge in [0.1, 0.15) is 5.82 Å². The second-order valence-corrected chi connectivity index (χ2v) is 5.71. The Hall–Kier alpha value is -2.94. The van der Waals surface area contributed by atoms with Gasteiger partial charge in [0.2, 0.25) is 5.91 Å². The van der Waals surface area contributed by atoms with E-state index >= 15 is 0 Å². The van der Waals surface area contributed by atoms with Crippen LogP contribution >= 0.6 is 0 Å². The van der Waals surface area contributed by atoms with Crippen LogP contribution in [-0.4, -0.2) is 10.9 Å². The Labute approximate surface area is 135 Å². The smallest absolute Gasteiger partial charge is 0.233 e. The zero-order chi connectivity index (χ0) is 15.6. The third-order valence-corrected chi connectivity index (χ3v) is 4.31. The van der Waals surface area contributed by atoms with Gasteiger partial charge in [-0.3, -0.25) is 4.79 Å². The summed E-state index contributed by atoms with van der Waals surface area (Å²) in [5, 5.41) is 3.00. The Kier molecular flexibility index (Phi) is 3.39. The first-order valence-corrected chi connectivity index (χ1v) is 7.72. The monoisotopic (exact) mass is 300 g/mol. The summed E-state index contributed by atoms with van der Waals surface area (Å²) in [7, 11) is 0. The van der Waals surface area contributed by atoms with Crippen LogP contribution < -0.4 is 5.32 Å². The lowest BCUT2D eigenvalue weighted by Crippen LogP contribution is -2.30. The Morgan fingerprint density at radius 3 is 2.57 bits per heavy atom. The predicted molar refractivity (Wildman–Crippen MR) is 91.2 cm³/mol. The van der Waals surface area contributed by atoms with Crippen LogP contribution in [0.4, 0.5) is 5.82 Å². The van der Waals surface area contributed by atoms with E-state index in [1.165, 1.54) is 5.56 Å². The van der Waals surface area contributed by atoms with E-state index in [-0.39, 0.29) is 11.8 Å². The highest BCUT2D eigenvalue weighted by Gasteiger charge is 2.32. The highest BCUT2D eigenvalue weighted by atomic mass is 16.2. The van der Waals surface area contributed by atoms with E-state index in [2.05, 4.69) is 16.4 Å². The van der Waals surface area contributed by atoms with Crippen LogP contribution in [-0.2, 0) is 11.2 Å². The number of carbonyl (C=O) groups excluding carboxylic acids is 1. The van der Waals surface area contributed by atoms with E-state index in [1.807, 2.05) is 60.7 Å². The van der Waals surface area contributed by atoms with Crippen LogP contribution in [0, 0.1) is 0 Å². The van der Waals surface area contributed by atoms with Gasteiger partial charge in [-0.2, -0.15) is 0 Å². The normalized spacial score (nSPS) is 15.4. The fourth-order valence-electron chi connectivity index (χ4n) is 3.05. The molecule has 0 unspecified atom stereocenters. The average Bonchev–Trinajstić information content (AvgIpc) is 2.57. The van der Waals surface area contributed by atoms with Crippen molar-refractivity contribution in [3.05, 3.63) is 84.1 Å². The van der Waals surface area contributed by atoms with Crippen molar-refractivity contribution >= 4 is 11.7 Å². The molecular weight excluding hydrogens is 284 g/mol. The molecule has 1 aliphatic rings. The number of nitrogens with zero attached hydrogens (tertiary/aromatic N) is 1. The molecule has 4 rings (SSSR count). The summed E-state index contributed by atoms with van der Waals surface area (Å²) in [5.41, 5.74) is 4.37. The summed E-state index contributed by atoms with van der Waals surface area (Å²) in [6.07, 6.45) is 2.51. The third-order valence-electron chi connectivity index (χ3n) is 4.31. The van der Waals surface area contributed by atoms with Gasteiger partial charge in [-0.05, 0) is 35.2 Å². The number of aromatic nitrogens is 1. The van der Waals surface area contributed by atoms with Crippen molar-refractivity contribution in [1.29, 1.82) is 0 Å². The van der Waals surface area contributed by atoms with Crippen LogP contribution in [0.15, 0.2) is 72.9 Å². The van der Waals surface area contributed by atoms with Gasteiger partial charge in [0.05, 0.1) is 5.92 Å². The standard InChI is InChI=1S/C20H16N2O/c23-20(18-13-15-9-4-5-10-16(15)18)22-19-17(11-6-12-21-19)14-7-2-1-3-8-14/h1-12,18H,13H2,(H,21,22,23)/t18-/m1/s1. The molecule has 3 aromatic rings. The molecule has 0 spiro atoms. The van der Waals surface area contributed by atoms with Gasteiger partial charge in [-0.15, -0.1) is 0 Å². The second kappa shape index (κ2) is 5.69. The summed E-state index contributed by atoms with van der Waals surface area (Å²) >= 11 is 0. The average molecular weight is 300 g/mol. The predicted octanol–water partition coefficient (Wildman–Crippen LogP) is 4.03. The SMILES string of the molecule is O=C(Nc1ncccc1-c1ccccc1)[C@@H]1Cc2ccccc21. The molecule has 0 saturated heterocycles. The molecule has 0 radical (unpaired) electrons. The summed E-state index contributed by atoms with van der Waals surface area (Å²) in [6, 6.07) is 21.9. The van der Waals surface area contributed by atoms with Gasteiger partial charge in [0, 0.05) is 11.8 Å². The van der Waals surface area contributed by atoms with E-state index in [9.17, 15) is 4.79 Å². The number of hydrogen-bond donors (Lipinski definition) is 1. The maximum Gasteiger partial charge on any atom is 0.233 e. The van der Waals surface area contributed by atoms with Gasteiger partial charge in [-0.25, -0.2) is 4.98 Å². The fourth-order valence-corrected chi connectivity index (χ4v) is 3.05. The van der Waals surface area contributed by atoms with Crippen LogP contribution in [0.25, 0.3) is 11.1 Å². The number of fused-ring (bicyclic) bond motifs is 1. The number of anilines is 1. The molecule has 1 amide bonds. The van der Waals surface area contributed by atoms with Crippen molar-refractivity contribution in [2.24, 2.45) is 0 Å². The van der Waals surface area contributed by atoms with Crippen LogP contribution in [0.5, 0.6) is 0 Å². The molecule has 1 aromatic heterocycles. The van der Waals surface area contributed by atoms with Gasteiger partial charge < -0.3 is 5.32 Å². The molecule has 3 heteroatoms.